The molecule has 3 atom stereocenters. The van der Waals surface area contributed by atoms with Crippen LogP contribution >= 0.6 is 0 Å². The number of carbonyl (C=O) groups is 2. The Balaban J connectivity index is 1.52. The molecule has 1 aromatic heterocycles. The van der Waals surface area contributed by atoms with Crippen molar-refractivity contribution in [2.45, 2.75) is 18.1 Å². The molecular formula is C29H27N3O7. The van der Waals surface area contributed by atoms with E-state index in [4.69, 9.17) is 18.9 Å². The molecule has 1 saturated heterocycles. The predicted molar refractivity (Wildman–Crippen MR) is 142 cm³/mol. The van der Waals surface area contributed by atoms with Crippen molar-refractivity contribution in [3.05, 3.63) is 83.0 Å². The summed E-state index contributed by atoms with van der Waals surface area (Å²) >= 11 is 0. The summed E-state index contributed by atoms with van der Waals surface area (Å²) in [6.45, 7) is 0.179. The minimum absolute atomic E-state index is 0.119. The Kier molecular flexibility index (Phi) is 5.94. The molecule has 3 heterocycles. The number of aromatic nitrogens is 1. The maximum absolute atomic E-state index is 13.2. The van der Waals surface area contributed by atoms with E-state index < -0.39 is 18.1 Å². The Morgan fingerprint density at radius 2 is 1.74 bits per heavy atom. The number of benzene rings is 3. The molecule has 2 aliphatic heterocycles. The lowest BCUT2D eigenvalue weighted by Crippen LogP contribution is -2.47. The molecule has 10 nitrogen and oxygen atoms in total. The van der Waals surface area contributed by atoms with Gasteiger partial charge in [0.15, 0.2) is 11.5 Å². The summed E-state index contributed by atoms with van der Waals surface area (Å²) in [6.07, 6.45) is -0.451. The Bertz CT molecular complexity index is 1550. The second-order valence-corrected chi connectivity index (χ2v) is 9.42. The van der Waals surface area contributed by atoms with E-state index in [1.54, 1.807) is 29.2 Å². The van der Waals surface area contributed by atoms with E-state index in [9.17, 15) is 14.7 Å². The van der Waals surface area contributed by atoms with Gasteiger partial charge in [0.2, 0.25) is 5.75 Å². The first-order valence-electron chi connectivity index (χ1n) is 12.4. The Morgan fingerprint density at radius 1 is 1.05 bits per heavy atom. The molecule has 6 rings (SSSR count). The maximum atomic E-state index is 13.2. The van der Waals surface area contributed by atoms with E-state index in [-0.39, 0.29) is 35.9 Å². The summed E-state index contributed by atoms with van der Waals surface area (Å²) in [5.41, 5.74) is 4.64. The number of amides is 1. The number of phenolic OH excluding ortho intramolecular Hbond substituents is 1. The number of methoxy groups -OCH3 is 3. The van der Waals surface area contributed by atoms with Gasteiger partial charge in [0.1, 0.15) is 12.6 Å². The number of H-pyrrole nitrogens is 1. The van der Waals surface area contributed by atoms with Crippen LogP contribution in [0.15, 0.2) is 60.7 Å². The molecule has 2 aliphatic rings. The van der Waals surface area contributed by atoms with Gasteiger partial charge in [-0.15, -0.1) is 0 Å². The van der Waals surface area contributed by atoms with Crippen LogP contribution < -0.4 is 14.8 Å². The van der Waals surface area contributed by atoms with Crippen LogP contribution in [-0.4, -0.2) is 61.0 Å². The fourth-order valence-electron chi connectivity index (χ4n) is 5.63. The van der Waals surface area contributed by atoms with Gasteiger partial charge in [0.25, 0.3) is 0 Å². The van der Waals surface area contributed by atoms with Gasteiger partial charge >= 0.3 is 12.1 Å². The van der Waals surface area contributed by atoms with E-state index in [1.165, 1.54) is 21.3 Å². The van der Waals surface area contributed by atoms with Crippen LogP contribution in [0.2, 0.25) is 0 Å². The predicted octanol–water partition coefficient (Wildman–Crippen LogP) is 4.75. The molecule has 1 fully saturated rings. The zero-order valence-corrected chi connectivity index (χ0v) is 21.6. The molecule has 1 amide bonds. The van der Waals surface area contributed by atoms with Crippen molar-refractivity contribution >= 4 is 28.7 Å². The van der Waals surface area contributed by atoms with E-state index in [1.807, 2.05) is 36.4 Å². The van der Waals surface area contributed by atoms with Crippen LogP contribution in [0.1, 0.15) is 39.3 Å². The molecule has 0 bridgehead atoms. The Labute approximate surface area is 224 Å². The number of aromatic amines is 1. The van der Waals surface area contributed by atoms with Crippen molar-refractivity contribution in [3.8, 4) is 17.2 Å². The van der Waals surface area contributed by atoms with Gasteiger partial charge in [0.05, 0.1) is 39.0 Å². The number of esters is 1. The van der Waals surface area contributed by atoms with Crippen molar-refractivity contribution in [3.63, 3.8) is 0 Å². The molecule has 0 aliphatic carbocycles. The highest BCUT2D eigenvalue weighted by Gasteiger charge is 2.51. The van der Waals surface area contributed by atoms with Crippen LogP contribution in [0.5, 0.6) is 17.2 Å². The smallest absolute Gasteiger partial charge is 0.411 e. The number of hydrogen-bond acceptors (Lipinski definition) is 8. The minimum atomic E-state index is -0.560. The zero-order valence-electron chi connectivity index (χ0n) is 21.6. The third-order valence-electron chi connectivity index (χ3n) is 7.42. The summed E-state index contributed by atoms with van der Waals surface area (Å²) in [5, 5.41) is 15.1. The number of anilines is 1. The van der Waals surface area contributed by atoms with Crippen LogP contribution in [-0.2, 0) is 9.47 Å². The molecule has 0 saturated carbocycles. The summed E-state index contributed by atoms with van der Waals surface area (Å²) in [4.78, 5) is 30.4. The van der Waals surface area contributed by atoms with E-state index in [0.29, 0.717) is 11.1 Å². The summed E-state index contributed by atoms with van der Waals surface area (Å²) in [6, 6.07) is 17.1. The number of nitrogens with one attached hydrogen (secondary N) is 2. The number of para-hydroxylation sites is 1. The molecule has 3 aromatic carbocycles. The van der Waals surface area contributed by atoms with Gasteiger partial charge in [0, 0.05) is 27.8 Å². The first-order valence-corrected chi connectivity index (χ1v) is 12.4. The number of carbonyl (C=O) groups excluding carboxylic acids is 2. The van der Waals surface area contributed by atoms with Crippen LogP contribution in [0.4, 0.5) is 10.5 Å². The molecule has 4 aromatic rings. The number of nitrogens with zero attached hydrogens (tertiary/aromatic N) is 1. The largest absolute Gasteiger partial charge is 0.502 e. The summed E-state index contributed by atoms with van der Waals surface area (Å²) < 4.78 is 21.2. The van der Waals surface area contributed by atoms with Crippen molar-refractivity contribution < 1.29 is 33.6 Å². The monoisotopic (exact) mass is 529 g/mol. The average Bonchev–Trinajstić information content (AvgIpc) is 3.54. The molecule has 0 radical (unpaired) electrons. The van der Waals surface area contributed by atoms with E-state index in [2.05, 4.69) is 10.3 Å². The highest BCUT2D eigenvalue weighted by atomic mass is 16.6. The van der Waals surface area contributed by atoms with E-state index in [0.717, 1.165) is 27.8 Å². The third-order valence-corrected chi connectivity index (χ3v) is 7.42. The standard InChI is InChI=1S/C29H27N3O7/c1-36-21-12-16(13-22(37-2)27(21)33)26-25-23(18-6-4-5-7-19(18)31-25)24(20-14-39-29(35)32(20)26)30-17-10-8-15(9-11-17)28(34)38-3/h4-13,20,24,26,30-31,33H,14H2,1-3H3/t20-,24+,26-/m1/s1. The maximum Gasteiger partial charge on any atom is 0.411 e. The van der Waals surface area contributed by atoms with Gasteiger partial charge in [-0.3, -0.25) is 4.90 Å². The zero-order chi connectivity index (χ0) is 27.3. The second kappa shape index (κ2) is 9.46. The summed E-state index contributed by atoms with van der Waals surface area (Å²) in [7, 11) is 4.27. The Morgan fingerprint density at radius 3 is 2.41 bits per heavy atom. The molecule has 3 N–H and O–H groups in total. The number of hydrogen-bond donors (Lipinski definition) is 3. The molecule has 0 unspecified atom stereocenters. The first kappa shape index (κ1) is 24.5. The van der Waals surface area contributed by atoms with Gasteiger partial charge in [-0.25, -0.2) is 9.59 Å². The van der Waals surface area contributed by atoms with Crippen LogP contribution in [0.3, 0.4) is 0 Å². The second-order valence-electron chi connectivity index (χ2n) is 9.42. The van der Waals surface area contributed by atoms with Crippen molar-refractivity contribution in [2.75, 3.05) is 33.3 Å². The SMILES string of the molecule is COC(=O)c1ccc(N[C@@H]2c3c([nH]c4ccccc34)[C@@H](c3cc(OC)c(O)c(OC)c3)N3C(=O)OC[C@H]23)cc1. The van der Waals surface area contributed by atoms with Gasteiger partial charge in [-0.05, 0) is 48.0 Å². The fraction of sp³-hybridized carbons (Fsp3) is 0.241. The van der Waals surface area contributed by atoms with Crippen LogP contribution in [0, 0.1) is 0 Å². The quantitative estimate of drug-likeness (QED) is 0.306. The van der Waals surface area contributed by atoms with Crippen molar-refractivity contribution in [2.24, 2.45) is 0 Å². The molecule has 39 heavy (non-hydrogen) atoms. The minimum Gasteiger partial charge on any atom is -0.502 e. The normalized spacial score (nSPS) is 19.7. The topological polar surface area (TPSA) is 122 Å². The number of phenols is 1. The fourth-order valence-corrected chi connectivity index (χ4v) is 5.63. The molecule has 0 spiro atoms. The van der Waals surface area contributed by atoms with Crippen molar-refractivity contribution in [1.82, 2.24) is 9.88 Å². The molecular weight excluding hydrogens is 502 g/mol. The lowest BCUT2D eigenvalue weighted by atomic mass is 9.85. The molecule has 200 valence electrons. The number of ether oxygens (including phenoxy) is 4. The lowest BCUT2D eigenvalue weighted by molar-refractivity contribution is 0.0600. The third kappa shape index (κ3) is 3.87. The van der Waals surface area contributed by atoms with E-state index >= 15 is 0 Å². The average molecular weight is 530 g/mol. The van der Waals surface area contributed by atoms with Crippen molar-refractivity contribution in [1.29, 1.82) is 0 Å². The first-order chi connectivity index (χ1) is 18.9. The van der Waals surface area contributed by atoms with Gasteiger partial charge in [-0.2, -0.15) is 0 Å². The summed E-state index contributed by atoms with van der Waals surface area (Å²) in [5.74, 6) is -0.0669. The lowest BCUT2D eigenvalue weighted by Gasteiger charge is -2.41. The number of rotatable bonds is 6. The Hall–Kier alpha value is -4.86. The van der Waals surface area contributed by atoms with Gasteiger partial charge < -0.3 is 34.4 Å². The number of aromatic hydroxyl groups is 1. The number of cyclic esters (lactones) is 1. The highest BCUT2D eigenvalue weighted by Crippen LogP contribution is 2.50. The molecule has 10 heteroatoms. The number of fused-ring (bicyclic) bond motifs is 4. The van der Waals surface area contributed by atoms with Crippen LogP contribution in [0.25, 0.3) is 10.9 Å². The van der Waals surface area contributed by atoms with Gasteiger partial charge in [-0.1, -0.05) is 18.2 Å². The highest BCUT2D eigenvalue weighted by molar-refractivity contribution is 5.90.